The Morgan fingerprint density at radius 3 is 2.68 bits per heavy atom. The average molecular weight is 395 g/mol. The van der Waals surface area contributed by atoms with Gasteiger partial charge >= 0.3 is 0 Å². The second-order valence-electron chi connectivity index (χ2n) is 7.65. The number of hydrogen-bond acceptors (Lipinski definition) is 6. The van der Waals surface area contributed by atoms with E-state index in [1.807, 2.05) is 36.1 Å². The molecule has 0 radical (unpaired) electrons. The first kappa shape index (κ1) is 17.6. The van der Waals surface area contributed by atoms with Crippen LogP contribution >= 0.6 is 11.3 Å². The van der Waals surface area contributed by atoms with Crippen molar-refractivity contribution in [3.05, 3.63) is 47.7 Å². The number of hydrogen-bond donors (Lipinski definition) is 0. The number of ether oxygens (including phenoxy) is 1. The van der Waals surface area contributed by atoms with Crippen LogP contribution in [0.3, 0.4) is 0 Å². The molecule has 2 aromatic heterocycles. The van der Waals surface area contributed by atoms with Crippen LogP contribution in [0.25, 0.3) is 10.3 Å². The minimum atomic E-state index is 0.203. The van der Waals surface area contributed by atoms with Gasteiger partial charge in [0.1, 0.15) is 16.1 Å². The lowest BCUT2D eigenvalue weighted by atomic mass is 10.2. The second-order valence-corrected chi connectivity index (χ2v) is 8.59. The topological polar surface area (TPSA) is 58.6 Å². The van der Waals surface area contributed by atoms with E-state index >= 15 is 0 Å². The fraction of sp³-hybridized carbons (Fsp3) is 0.381. The van der Waals surface area contributed by atoms with Crippen LogP contribution < -0.4 is 4.74 Å². The molecule has 2 saturated heterocycles. The molecule has 3 aromatic rings. The Bertz CT molecular complexity index is 1030. The van der Waals surface area contributed by atoms with Gasteiger partial charge in [-0.05, 0) is 43.2 Å². The van der Waals surface area contributed by atoms with Crippen LogP contribution in [0.15, 0.2) is 36.4 Å². The second kappa shape index (κ2) is 6.83. The number of piperazine rings is 1. The van der Waals surface area contributed by atoms with E-state index < -0.39 is 0 Å². The summed E-state index contributed by atoms with van der Waals surface area (Å²) in [4.78, 5) is 26.0. The Labute approximate surface area is 167 Å². The molecule has 0 saturated carbocycles. The molecule has 2 atom stereocenters. The number of nitrogens with zero attached hydrogens (tertiary/aromatic N) is 4. The standard InChI is InChI=1S/C21H22N4O2S/c1-13-3-8-19-20(22-13)28-21(23-19)27-18-6-4-15(5-7-18)10-24-11-17-9-16(24)12-25(17)14(2)26/h3-8,16-17H,9-12H2,1-2H3. The molecule has 28 heavy (non-hydrogen) atoms. The Morgan fingerprint density at radius 1 is 1.14 bits per heavy atom. The summed E-state index contributed by atoms with van der Waals surface area (Å²) >= 11 is 1.46. The molecular weight excluding hydrogens is 372 g/mol. The Balaban J connectivity index is 1.23. The number of likely N-dealkylation sites (tertiary alicyclic amines) is 2. The molecule has 0 N–H and O–H groups in total. The summed E-state index contributed by atoms with van der Waals surface area (Å²) in [6, 6.07) is 13.0. The minimum Gasteiger partial charge on any atom is -0.431 e. The number of carbonyl (C=O) groups is 1. The van der Waals surface area contributed by atoms with Gasteiger partial charge in [-0.2, -0.15) is 0 Å². The molecular formula is C21H22N4O2S. The molecule has 5 rings (SSSR count). The fourth-order valence-electron chi connectivity index (χ4n) is 4.26. The van der Waals surface area contributed by atoms with Gasteiger partial charge < -0.3 is 9.64 Å². The normalized spacial score (nSPS) is 21.6. The zero-order valence-corrected chi connectivity index (χ0v) is 16.8. The summed E-state index contributed by atoms with van der Waals surface area (Å²) in [5, 5.41) is 0.613. The predicted octanol–water partition coefficient (Wildman–Crippen LogP) is 3.60. The van der Waals surface area contributed by atoms with Gasteiger partial charge in [0.2, 0.25) is 5.91 Å². The van der Waals surface area contributed by atoms with E-state index in [0.717, 1.165) is 47.8 Å². The number of thiazole rings is 1. The first-order valence-corrected chi connectivity index (χ1v) is 10.4. The van der Waals surface area contributed by atoms with Gasteiger partial charge in [-0.15, -0.1) is 0 Å². The number of amides is 1. The van der Waals surface area contributed by atoms with Crippen molar-refractivity contribution in [2.45, 2.75) is 38.9 Å². The summed E-state index contributed by atoms with van der Waals surface area (Å²) in [6.07, 6.45) is 1.10. The maximum atomic E-state index is 11.6. The van der Waals surface area contributed by atoms with Crippen molar-refractivity contribution < 1.29 is 9.53 Å². The highest BCUT2D eigenvalue weighted by Gasteiger charge is 2.43. The van der Waals surface area contributed by atoms with Crippen molar-refractivity contribution in [2.24, 2.45) is 0 Å². The highest BCUT2D eigenvalue weighted by molar-refractivity contribution is 7.19. The molecule has 2 fully saturated rings. The number of fused-ring (bicyclic) bond motifs is 3. The van der Waals surface area contributed by atoms with Gasteiger partial charge in [-0.25, -0.2) is 9.97 Å². The predicted molar refractivity (Wildman–Crippen MR) is 109 cm³/mol. The zero-order chi connectivity index (χ0) is 19.3. The van der Waals surface area contributed by atoms with Crippen LogP contribution in [0.1, 0.15) is 24.6 Å². The minimum absolute atomic E-state index is 0.203. The number of pyridine rings is 1. The van der Waals surface area contributed by atoms with E-state index in [1.165, 1.54) is 16.9 Å². The van der Waals surface area contributed by atoms with Gasteiger partial charge in [-0.1, -0.05) is 23.5 Å². The van der Waals surface area contributed by atoms with Crippen LogP contribution in [0.2, 0.25) is 0 Å². The van der Waals surface area contributed by atoms with E-state index in [9.17, 15) is 4.79 Å². The first-order valence-electron chi connectivity index (χ1n) is 9.57. The zero-order valence-electron chi connectivity index (χ0n) is 16.0. The molecule has 0 spiro atoms. The van der Waals surface area contributed by atoms with Gasteiger partial charge in [0.05, 0.1) is 0 Å². The molecule has 2 unspecified atom stereocenters. The summed E-state index contributed by atoms with van der Waals surface area (Å²) in [6.45, 7) is 6.40. The summed E-state index contributed by atoms with van der Waals surface area (Å²) in [5.41, 5.74) is 3.11. The summed E-state index contributed by atoms with van der Waals surface area (Å²) in [5.74, 6) is 0.985. The number of rotatable bonds is 4. The van der Waals surface area contributed by atoms with E-state index in [-0.39, 0.29) is 5.91 Å². The van der Waals surface area contributed by atoms with Gasteiger partial charge in [0, 0.05) is 44.3 Å². The van der Waals surface area contributed by atoms with Crippen molar-refractivity contribution in [1.29, 1.82) is 0 Å². The molecule has 1 aromatic carbocycles. The number of benzene rings is 1. The summed E-state index contributed by atoms with van der Waals surface area (Å²) < 4.78 is 5.93. The van der Waals surface area contributed by atoms with E-state index in [4.69, 9.17) is 4.74 Å². The third-order valence-electron chi connectivity index (χ3n) is 5.65. The Hall–Kier alpha value is -2.51. The van der Waals surface area contributed by atoms with Gasteiger partial charge in [0.25, 0.3) is 5.19 Å². The van der Waals surface area contributed by atoms with Crippen LogP contribution in [0, 0.1) is 6.92 Å². The van der Waals surface area contributed by atoms with Crippen LogP contribution in [0.5, 0.6) is 10.9 Å². The highest BCUT2D eigenvalue weighted by Crippen LogP contribution is 2.33. The van der Waals surface area contributed by atoms with Gasteiger partial charge in [0.15, 0.2) is 0 Å². The van der Waals surface area contributed by atoms with Gasteiger partial charge in [-0.3, -0.25) is 9.69 Å². The molecule has 7 heteroatoms. The molecule has 2 aliphatic rings. The quantitative estimate of drug-likeness (QED) is 0.677. The van der Waals surface area contributed by atoms with Crippen LogP contribution in [-0.4, -0.2) is 50.8 Å². The number of aryl methyl sites for hydroxylation is 1. The maximum Gasteiger partial charge on any atom is 0.281 e. The molecule has 144 valence electrons. The molecule has 6 nitrogen and oxygen atoms in total. The van der Waals surface area contributed by atoms with Crippen LogP contribution in [-0.2, 0) is 11.3 Å². The monoisotopic (exact) mass is 394 g/mol. The Morgan fingerprint density at radius 2 is 1.96 bits per heavy atom. The summed E-state index contributed by atoms with van der Waals surface area (Å²) in [7, 11) is 0. The molecule has 2 aliphatic heterocycles. The van der Waals surface area contributed by atoms with Crippen molar-refractivity contribution in [2.75, 3.05) is 13.1 Å². The van der Waals surface area contributed by atoms with Crippen molar-refractivity contribution in [1.82, 2.24) is 19.8 Å². The molecule has 1 amide bonds. The molecule has 4 heterocycles. The highest BCUT2D eigenvalue weighted by atomic mass is 32.1. The fourth-order valence-corrected chi connectivity index (χ4v) is 5.12. The average Bonchev–Trinajstić information content (AvgIpc) is 3.36. The van der Waals surface area contributed by atoms with E-state index in [0.29, 0.717) is 17.3 Å². The third-order valence-corrected chi connectivity index (χ3v) is 6.49. The number of carbonyl (C=O) groups excluding carboxylic acids is 1. The van der Waals surface area contributed by atoms with Crippen molar-refractivity contribution in [3.8, 4) is 10.9 Å². The smallest absolute Gasteiger partial charge is 0.281 e. The van der Waals surface area contributed by atoms with Crippen molar-refractivity contribution in [3.63, 3.8) is 0 Å². The lowest BCUT2D eigenvalue weighted by Crippen LogP contribution is -2.47. The number of aromatic nitrogens is 2. The largest absolute Gasteiger partial charge is 0.431 e. The Kier molecular flexibility index (Phi) is 4.29. The lowest BCUT2D eigenvalue weighted by Gasteiger charge is -2.33. The van der Waals surface area contributed by atoms with E-state index in [1.54, 1.807) is 6.92 Å². The van der Waals surface area contributed by atoms with Crippen LogP contribution in [0.4, 0.5) is 0 Å². The SMILES string of the molecule is CC(=O)N1CC2CC1CN2Cc1ccc(Oc2nc3ccc(C)nc3s2)cc1. The third kappa shape index (κ3) is 3.25. The maximum absolute atomic E-state index is 11.6. The molecule has 0 aliphatic carbocycles. The molecule has 2 bridgehead atoms. The van der Waals surface area contributed by atoms with E-state index in [2.05, 4.69) is 27.0 Å². The lowest BCUT2D eigenvalue weighted by molar-refractivity contribution is -0.131. The first-order chi connectivity index (χ1) is 13.5. The van der Waals surface area contributed by atoms with Crippen molar-refractivity contribution >= 4 is 27.6 Å².